The van der Waals surface area contributed by atoms with Crippen LogP contribution in [0.3, 0.4) is 0 Å². The SMILES string of the molecule is O=C(C=Cc1cnc2ccccc2c1)NNc1ccc(F)cc1. The molecule has 0 radical (unpaired) electrons. The van der Waals surface area contributed by atoms with Crippen molar-refractivity contribution >= 4 is 28.6 Å². The topological polar surface area (TPSA) is 54.0 Å². The van der Waals surface area contributed by atoms with Gasteiger partial charge in [0.2, 0.25) is 0 Å². The summed E-state index contributed by atoms with van der Waals surface area (Å²) in [6.45, 7) is 0. The van der Waals surface area contributed by atoms with Gasteiger partial charge < -0.3 is 0 Å². The Morgan fingerprint density at radius 2 is 1.87 bits per heavy atom. The second kappa shape index (κ2) is 6.70. The van der Waals surface area contributed by atoms with Crippen LogP contribution < -0.4 is 10.9 Å². The second-order valence-electron chi connectivity index (χ2n) is 4.92. The Hall–Kier alpha value is -3.21. The Kier molecular flexibility index (Phi) is 4.29. The molecule has 114 valence electrons. The number of anilines is 1. The van der Waals surface area contributed by atoms with E-state index in [2.05, 4.69) is 15.8 Å². The third-order valence-corrected chi connectivity index (χ3v) is 3.21. The number of halogens is 1. The number of aromatic nitrogens is 1. The van der Waals surface area contributed by atoms with Crippen molar-refractivity contribution in [2.75, 3.05) is 5.43 Å². The highest BCUT2D eigenvalue weighted by atomic mass is 19.1. The molecule has 4 nitrogen and oxygen atoms in total. The first-order valence-electron chi connectivity index (χ1n) is 7.05. The molecule has 3 rings (SSSR count). The Bertz CT molecular complexity index is 860. The number of carbonyl (C=O) groups is 1. The number of hydrogen-bond acceptors (Lipinski definition) is 3. The third-order valence-electron chi connectivity index (χ3n) is 3.21. The monoisotopic (exact) mass is 307 g/mol. The van der Waals surface area contributed by atoms with Crippen LogP contribution in [0.2, 0.25) is 0 Å². The highest BCUT2D eigenvalue weighted by Gasteiger charge is 1.98. The van der Waals surface area contributed by atoms with Gasteiger partial charge in [0, 0.05) is 17.7 Å². The van der Waals surface area contributed by atoms with Gasteiger partial charge in [0.25, 0.3) is 5.91 Å². The van der Waals surface area contributed by atoms with Gasteiger partial charge in [-0.15, -0.1) is 0 Å². The van der Waals surface area contributed by atoms with Crippen molar-refractivity contribution in [2.24, 2.45) is 0 Å². The van der Waals surface area contributed by atoms with Gasteiger partial charge in [-0.3, -0.25) is 20.6 Å². The summed E-state index contributed by atoms with van der Waals surface area (Å²) >= 11 is 0. The van der Waals surface area contributed by atoms with E-state index < -0.39 is 0 Å². The maximum absolute atomic E-state index is 12.8. The standard InChI is InChI=1S/C18H14FN3O/c19-15-6-8-16(9-7-15)21-22-18(23)10-5-13-11-14-3-1-2-4-17(14)20-12-13/h1-12,21H,(H,22,23). The summed E-state index contributed by atoms with van der Waals surface area (Å²) in [5, 5.41) is 1.01. The van der Waals surface area contributed by atoms with Gasteiger partial charge in [0.15, 0.2) is 0 Å². The summed E-state index contributed by atoms with van der Waals surface area (Å²) < 4.78 is 12.8. The van der Waals surface area contributed by atoms with Crippen molar-refractivity contribution in [3.05, 3.63) is 78.3 Å². The van der Waals surface area contributed by atoms with E-state index in [4.69, 9.17) is 0 Å². The van der Waals surface area contributed by atoms with Crippen LogP contribution in [0, 0.1) is 5.82 Å². The highest BCUT2D eigenvalue weighted by molar-refractivity contribution is 5.93. The first-order chi connectivity index (χ1) is 11.2. The maximum Gasteiger partial charge on any atom is 0.262 e. The Labute approximate surface area is 132 Å². The molecule has 0 spiro atoms. The number of hydrogen-bond donors (Lipinski definition) is 2. The minimum Gasteiger partial charge on any atom is -0.298 e. The zero-order valence-corrected chi connectivity index (χ0v) is 12.2. The molecule has 5 heteroatoms. The fraction of sp³-hybridized carbons (Fsp3) is 0. The quantitative estimate of drug-likeness (QED) is 0.573. The molecule has 0 aliphatic carbocycles. The van der Waals surface area contributed by atoms with E-state index in [0.717, 1.165) is 16.5 Å². The third kappa shape index (κ3) is 3.91. The lowest BCUT2D eigenvalue weighted by Crippen LogP contribution is -2.27. The van der Waals surface area contributed by atoms with E-state index in [9.17, 15) is 9.18 Å². The van der Waals surface area contributed by atoms with Crippen LogP contribution in [0.1, 0.15) is 5.56 Å². The molecule has 1 heterocycles. The molecule has 1 amide bonds. The lowest BCUT2D eigenvalue weighted by Gasteiger charge is -2.05. The predicted octanol–water partition coefficient (Wildman–Crippen LogP) is 3.53. The van der Waals surface area contributed by atoms with Crippen molar-refractivity contribution in [3.8, 4) is 0 Å². The second-order valence-corrected chi connectivity index (χ2v) is 4.92. The molecule has 0 saturated heterocycles. The molecule has 2 N–H and O–H groups in total. The lowest BCUT2D eigenvalue weighted by molar-refractivity contribution is -0.115. The molecule has 0 aliphatic rings. The van der Waals surface area contributed by atoms with Crippen LogP contribution in [0.25, 0.3) is 17.0 Å². The largest absolute Gasteiger partial charge is 0.298 e. The molecule has 0 bridgehead atoms. The van der Waals surface area contributed by atoms with Crippen LogP contribution in [-0.2, 0) is 4.79 Å². The molecule has 0 saturated carbocycles. The van der Waals surface area contributed by atoms with E-state index in [1.807, 2.05) is 30.3 Å². The molecule has 0 atom stereocenters. The number of rotatable bonds is 4. The average Bonchev–Trinajstić information content (AvgIpc) is 2.59. The van der Waals surface area contributed by atoms with E-state index in [0.29, 0.717) is 5.69 Å². The summed E-state index contributed by atoms with van der Waals surface area (Å²) in [7, 11) is 0. The molecular weight excluding hydrogens is 293 g/mol. The van der Waals surface area contributed by atoms with Crippen LogP contribution in [0.5, 0.6) is 0 Å². The van der Waals surface area contributed by atoms with Gasteiger partial charge in [0.1, 0.15) is 5.82 Å². The highest BCUT2D eigenvalue weighted by Crippen LogP contribution is 2.13. The van der Waals surface area contributed by atoms with Crippen LogP contribution in [-0.4, -0.2) is 10.9 Å². The van der Waals surface area contributed by atoms with Gasteiger partial charge >= 0.3 is 0 Å². The van der Waals surface area contributed by atoms with Gasteiger partial charge in [-0.25, -0.2) is 4.39 Å². The first kappa shape index (κ1) is 14.7. The van der Waals surface area contributed by atoms with E-state index in [-0.39, 0.29) is 11.7 Å². The van der Waals surface area contributed by atoms with Crippen LogP contribution >= 0.6 is 0 Å². The summed E-state index contributed by atoms with van der Waals surface area (Å²) in [5.41, 5.74) is 7.55. The number of carbonyl (C=O) groups excluding carboxylic acids is 1. The summed E-state index contributed by atoms with van der Waals surface area (Å²) in [6, 6.07) is 15.4. The fourth-order valence-electron chi connectivity index (χ4n) is 2.06. The van der Waals surface area contributed by atoms with Crippen molar-refractivity contribution < 1.29 is 9.18 Å². The Balaban J connectivity index is 1.61. The fourth-order valence-corrected chi connectivity index (χ4v) is 2.06. The molecule has 0 aliphatic heterocycles. The van der Waals surface area contributed by atoms with Crippen molar-refractivity contribution in [3.63, 3.8) is 0 Å². The number of nitrogens with zero attached hydrogens (tertiary/aromatic N) is 1. The first-order valence-corrected chi connectivity index (χ1v) is 7.05. The number of fused-ring (bicyclic) bond motifs is 1. The minimum absolute atomic E-state index is 0.317. The van der Waals surface area contributed by atoms with Crippen molar-refractivity contribution in [1.29, 1.82) is 0 Å². The smallest absolute Gasteiger partial charge is 0.262 e. The van der Waals surface area contributed by atoms with Crippen LogP contribution in [0.4, 0.5) is 10.1 Å². The maximum atomic E-state index is 12.8. The summed E-state index contributed by atoms with van der Waals surface area (Å²) in [5.74, 6) is -0.645. The van der Waals surface area contributed by atoms with Gasteiger partial charge in [-0.2, -0.15) is 0 Å². The number of pyridine rings is 1. The normalized spacial score (nSPS) is 10.8. The number of benzene rings is 2. The summed E-state index contributed by atoms with van der Waals surface area (Å²) in [4.78, 5) is 16.1. The number of hydrazine groups is 1. The molecule has 2 aromatic carbocycles. The molecule has 23 heavy (non-hydrogen) atoms. The van der Waals surface area contributed by atoms with Crippen molar-refractivity contribution in [2.45, 2.75) is 0 Å². The molecular formula is C18H14FN3O. The Morgan fingerprint density at radius 3 is 2.70 bits per heavy atom. The van der Waals surface area contributed by atoms with E-state index in [1.54, 1.807) is 12.3 Å². The van der Waals surface area contributed by atoms with Gasteiger partial charge in [0.05, 0.1) is 11.2 Å². The average molecular weight is 307 g/mol. The zero-order valence-electron chi connectivity index (χ0n) is 12.2. The number of para-hydroxylation sites is 1. The van der Waals surface area contributed by atoms with Gasteiger partial charge in [-0.05, 0) is 48.0 Å². The van der Waals surface area contributed by atoms with Crippen molar-refractivity contribution in [1.82, 2.24) is 10.4 Å². The number of nitrogens with one attached hydrogen (secondary N) is 2. The summed E-state index contributed by atoms with van der Waals surface area (Å²) in [6.07, 6.45) is 4.79. The zero-order chi connectivity index (χ0) is 16.1. The van der Waals surface area contributed by atoms with Crippen LogP contribution in [0.15, 0.2) is 66.9 Å². The number of amides is 1. The predicted molar refractivity (Wildman–Crippen MR) is 88.9 cm³/mol. The van der Waals surface area contributed by atoms with E-state index >= 15 is 0 Å². The van der Waals surface area contributed by atoms with E-state index in [1.165, 1.54) is 30.3 Å². The minimum atomic E-state index is -0.328. The lowest BCUT2D eigenvalue weighted by atomic mass is 10.1. The van der Waals surface area contributed by atoms with Gasteiger partial charge in [-0.1, -0.05) is 18.2 Å². The molecule has 3 aromatic rings. The Morgan fingerprint density at radius 1 is 1.09 bits per heavy atom. The molecule has 0 fully saturated rings. The molecule has 1 aromatic heterocycles. The molecule has 0 unspecified atom stereocenters.